The van der Waals surface area contributed by atoms with E-state index < -0.39 is 0 Å². The summed E-state index contributed by atoms with van der Waals surface area (Å²) in [7, 11) is 3.45. The van der Waals surface area contributed by atoms with Crippen molar-refractivity contribution < 1.29 is 9.53 Å². The molecule has 124 valence electrons. The van der Waals surface area contributed by atoms with Gasteiger partial charge in [0.15, 0.2) is 0 Å². The van der Waals surface area contributed by atoms with Crippen molar-refractivity contribution in [2.75, 3.05) is 14.2 Å². The third-order valence-electron chi connectivity index (χ3n) is 4.18. The smallest absolute Gasteiger partial charge is 0.227 e. The minimum atomic E-state index is -0.0652. The van der Waals surface area contributed by atoms with Crippen molar-refractivity contribution >= 4 is 27.5 Å². The number of amides is 1. The summed E-state index contributed by atoms with van der Waals surface area (Å²) < 4.78 is 6.47. The Morgan fingerprint density at radius 1 is 1.21 bits per heavy atom. The zero-order valence-corrected chi connectivity index (χ0v) is 14.8. The molecule has 0 aliphatic rings. The molecule has 24 heavy (non-hydrogen) atoms. The Kier molecular flexibility index (Phi) is 4.81. The Bertz CT molecular complexity index is 826. The lowest BCUT2D eigenvalue weighted by molar-refractivity contribution is -0.131. The summed E-state index contributed by atoms with van der Waals surface area (Å²) in [4.78, 5) is 19.1. The average Bonchev–Trinajstić information content (AvgIpc) is 3.05. The Hall–Kier alpha value is -2.40. The van der Waals surface area contributed by atoms with E-state index in [1.165, 1.54) is 0 Å². The lowest BCUT2D eigenvalue weighted by atomic mass is 10.1. The molecule has 3 rings (SSSR count). The first-order valence-electron chi connectivity index (χ1n) is 7.83. The van der Waals surface area contributed by atoms with Crippen molar-refractivity contribution in [3.05, 3.63) is 59.1 Å². The molecule has 0 N–H and O–H groups in total. The fraction of sp³-hybridized carbons (Fsp3) is 0.263. The predicted molar refractivity (Wildman–Crippen MR) is 97.5 cm³/mol. The third-order valence-corrected chi connectivity index (χ3v) is 5.38. The van der Waals surface area contributed by atoms with Crippen LogP contribution in [0.5, 0.6) is 5.75 Å². The number of fused-ring (bicyclic) bond motifs is 1. The molecule has 0 saturated heterocycles. The molecule has 5 heteroatoms. The minimum absolute atomic E-state index is 0.0475. The lowest BCUT2D eigenvalue weighted by Gasteiger charge is -2.23. The van der Waals surface area contributed by atoms with Crippen molar-refractivity contribution in [1.29, 1.82) is 0 Å². The molecular weight excluding hydrogens is 320 g/mol. The molecule has 0 radical (unpaired) electrons. The number of methoxy groups -OCH3 is 1. The number of thiazole rings is 1. The van der Waals surface area contributed by atoms with Gasteiger partial charge in [-0.25, -0.2) is 4.98 Å². The number of benzene rings is 2. The Morgan fingerprint density at radius 2 is 1.92 bits per heavy atom. The van der Waals surface area contributed by atoms with Gasteiger partial charge in [-0.3, -0.25) is 4.79 Å². The van der Waals surface area contributed by atoms with Crippen LogP contribution in [0.3, 0.4) is 0 Å². The van der Waals surface area contributed by atoms with Crippen LogP contribution in [-0.4, -0.2) is 29.9 Å². The van der Waals surface area contributed by atoms with E-state index in [-0.39, 0.29) is 11.9 Å². The second-order valence-corrected chi connectivity index (χ2v) is 6.75. The van der Waals surface area contributed by atoms with E-state index in [0.29, 0.717) is 6.42 Å². The van der Waals surface area contributed by atoms with Crippen molar-refractivity contribution in [1.82, 2.24) is 9.88 Å². The molecule has 3 aromatic rings. The summed E-state index contributed by atoms with van der Waals surface area (Å²) >= 11 is 1.64. The molecule has 2 aromatic carbocycles. The van der Waals surface area contributed by atoms with E-state index in [4.69, 9.17) is 4.74 Å². The minimum Gasteiger partial charge on any atom is -0.496 e. The van der Waals surface area contributed by atoms with Gasteiger partial charge < -0.3 is 9.64 Å². The number of likely N-dealkylation sites (N-methyl/N-ethyl adjacent to an activating group) is 1. The molecule has 0 fully saturated rings. The molecule has 0 spiro atoms. The van der Waals surface area contributed by atoms with Gasteiger partial charge in [0.2, 0.25) is 5.91 Å². The molecular formula is C19H20N2O2S. The number of ether oxygens (including phenoxy) is 1. The molecule has 0 saturated carbocycles. The summed E-state index contributed by atoms with van der Waals surface area (Å²) in [5.41, 5.74) is 1.88. The normalized spacial score (nSPS) is 12.1. The monoisotopic (exact) mass is 340 g/mol. The highest BCUT2D eigenvalue weighted by atomic mass is 32.1. The Balaban J connectivity index is 1.77. The third kappa shape index (κ3) is 3.26. The Labute approximate surface area is 145 Å². The zero-order valence-electron chi connectivity index (χ0n) is 14.0. The SMILES string of the molecule is COc1ccccc1CC(=O)N(C)[C@@H](C)c1nc2ccccc2s1. The quantitative estimate of drug-likeness (QED) is 0.703. The van der Waals surface area contributed by atoms with Gasteiger partial charge in [-0.1, -0.05) is 30.3 Å². The summed E-state index contributed by atoms with van der Waals surface area (Å²) in [5, 5.41) is 0.951. The summed E-state index contributed by atoms with van der Waals surface area (Å²) in [6.45, 7) is 2.01. The molecule has 1 heterocycles. The van der Waals surface area contributed by atoms with Gasteiger partial charge in [0.25, 0.3) is 0 Å². The lowest BCUT2D eigenvalue weighted by Crippen LogP contribution is -2.31. The van der Waals surface area contributed by atoms with Crippen LogP contribution in [0.4, 0.5) is 0 Å². The van der Waals surface area contributed by atoms with Crippen molar-refractivity contribution in [2.45, 2.75) is 19.4 Å². The van der Waals surface area contributed by atoms with Gasteiger partial charge in [0.1, 0.15) is 10.8 Å². The van der Waals surface area contributed by atoms with E-state index in [0.717, 1.165) is 26.5 Å². The van der Waals surface area contributed by atoms with Gasteiger partial charge in [0.05, 0.1) is 29.8 Å². The molecule has 0 bridgehead atoms. The standard InChI is InChI=1S/C19H20N2O2S/c1-13(19-20-15-9-5-7-11-17(15)24-19)21(2)18(22)12-14-8-4-6-10-16(14)23-3/h4-11,13H,12H2,1-3H3/t13-/m0/s1. The fourth-order valence-corrected chi connectivity index (χ4v) is 3.65. The second-order valence-electron chi connectivity index (χ2n) is 5.69. The van der Waals surface area contributed by atoms with Crippen LogP contribution in [0, 0.1) is 0 Å². The predicted octanol–water partition coefficient (Wildman–Crippen LogP) is 4.07. The van der Waals surface area contributed by atoms with Crippen LogP contribution in [0.25, 0.3) is 10.2 Å². The molecule has 4 nitrogen and oxygen atoms in total. The number of aromatic nitrogens is 1. The largest absolute Gasteiger partial charge is 0.496 e. The highest BCUT2D eigenvalue weighted by Gasteiger charge is 2.21. The molecule has 0 aliphatic carbocycles. The number of carbonyl (C=O) groups is 1. The highest BCUT2D eigenvalue weighted by molar-refractivity contribution is 7.18. The van der Waals surface area contributed by atoms with Crippen LogP contribution < -0.4 is 4.74 Å². The number of rotatable bonds is 5. The number of hydrogen-bond acceptors (Lipinski definition) is 4. The van der Waals surface area contributed by atoms with E-state index in [1.807, 2.05) is 56.4 Å². The van der Waals surface area contributed by atoms with Crippen molar-refractivity contribution in [3.63, 3.8) is 0 Å². The first kappa shape index (κ1) is 16.5. The highest BCUT2D eigenvalue weighted by Crippen LogP contribution is 2.29. The first-order chi connectivity index (χ1) is 11.6. The van der Waals surface area contributed by atoms with Gasteiger partial charge >= 0.3 is 0 Å². The van der Waals surface area contributed by atoms with E-state index in [2.05, 4.69) is 11.1 Å². The molecule has 1 atom stereocenters. The van der Waals surface area contributed by atoms with Gasteiger partial charge in [0, 0.05) is 12.6 Å². The number of hydrogen-bond donors (Lipinski definition) is 0. The second kappa shape index (κ2) is 7.01. The number of carbonyl (C=O) groups excluding carboxylic acids is 1. The van der Waals surface area contributed by atoms with Crippen molar-refractivity contribution in [3.8, 4) is 5.75 Å². The van der Waals surface area contributed by atoms with Crippen LogP contribution >= 0.6 is 11.3 Å². The maximum Gasteiger partial charge on any atom is 0.227 e. The molecule has 0 unspecified atom stereocenters. The summed E-state index contributed by atoms with van der Waals surface area (Å²) in [5.74, 6) is 0.790. The van der Waals surface area contributed by atoms with E-state index in [9.17, 15) is 4.79 Å². The Morgan fingerprint density at radius 3 is 2.67 bits per heavy atom. The van der Waals surface area contributed by atoms with Crippen LogP contribution in [0.1, 0.15) is 23.5 Å². The maximum atomic E-state index is 12.7. The van der Waals surface area contributed by atoms with E-state index in [1.54, 1.807) is 23.3 Å². The van der Waals surface area contributed by atoms with Gasteiger partial charge in [-0.05, 0) is 25.1 Å². The first-order valence-corrected chi connectivity index (χ1v) is 8.65. The zero-order chi connectivity index (χ0) is 17.1. The fourth-order valence-electron chi connectivity index (χ4n) is 2.59. The van der Waals surface area contributed by atoms with Gasteiger partial charge in [-0.2, -0.15) is 0 Å². The molecule has 0 aliphatic heterocycles. The van der Waals surface area contributed by atoms with Crippen molar-refractivity contribution in [2.24, 2.45) is 0 Å². The maximum absolute atomic E-state index is 12.7. The van der Waals surface area contributed by atoms with Gasteiger partial charge in [-0.15, -0.1) is 11.3 Å². The van der Waals surface area contributed by atoms with Crippen LogP contribution in [0.15, 0.2) is 48.5 Å². The summed E-state index contributed by atoms with van der Waals surface area (Å²) in [6.07, 6.45) is 0.315. The number of para-hydroxylation sites is 2. The van der Waals surface area contributed by atoms with E-state index >= 15 is 0 Å². The average molecular weight is 340 g/mol. The van der Waals surface area contributed by atoms with Crippen LogP contribution in [0.2, 0.25) is 0 Å². The summed E-state index contributed by atoms with van der Waals surface area (Å²) in [6, 6.07) is 15.6. The topological polar surface area (TPSA) is 42.4 Å². The molecule has 1 aromatic heterocycles. The number of nitrogens with zero attached hydrogens (tertiary/aromatic N) is 2. The molecule has 1 amide bonds. The van der Waals surface area contributed by atoms with Crippen LogP contribution in [-0.2, 0) is 11.2 Å².